The van der Waals surface area contributed by atoms with Crippen molar-refractivity contribution in [2.24, 2.45) is 0 Å². The van der Waals surface area contributed by atoms with Gasteiger partial charge in [-0.1, -0.05) is 6.92 Å². The lowest BCUT2D eigenvalue weighted by Crippen LogP contribution is -2.37. The van der Waals surface area contributed by atoms with Gasteiger partial charge in [0.2, 0.25) is 11.9 Å². The van der Waals surface area contributed by atoms with Gasteiger partial charge in [-0.25, -0.2) is 15.0 Å². The van der Waals surface area contributed by atoms with Crippen LogP contribution in [0, 0.1) is 0 Å². The van der Waals surface area contributed by atoms with Gasteiger partial charge >= 0.3 is 0 Å². The molecule has 2 aliphatic heterocycles. The van der Waals surface area contributed by atoms with Gasteiger partial charge in [-0.2, -0.15) is 4.98 Å². The Bertz CT molecular complexity index is 824. The second-order valence-electron chi connectivity index (χ2n) is 6.88. The third-order valence-electron chi connectivity index (χ3n) is 5.02. The highest BCUT2D eigenvalue weighted by molar-refractivity contribution is 5.72. The van der Waals surface area contributed by atoms with Gasteiger partial charge in [0.25, 0.3) is 0 Å². The number of morpholine rings is 1. The van der Waals surface area contributed by atoms with E-state index in [1.807, 2.05) is 0 Å². The van der Waals surface area contributed by atoms with Crippen molar-refractivity contribution in [2.45, 2.75) is 26.2 Å². The average molecular weight is 385 g/mol. The number of aryl methyl sites for hydroxylation is 1. The number of nitrogens with zero attached hydrogens (tertiary/aromatic N) is 5. The first kappa shape index (κ1) is 18.8. The SMILES string of the molecule is CCc1nc(N)ncc1-c1nc(N2CCOCC2)nc2c1CCCOCCN2. The lowest BCUT2D eigenvalue weighted by atomic mass is 10.0. The van der Waals surface area contributed by atoms with E-state index < -0.39 is 0 Å². The number of ether oxygens (including phenoxy) is 2. The van der Waals surface area contributed by atoms with E-state index >= 15 is 0 Å². The van der Waals surface area contributed by atoms with Gasteiger partial charge in [0, 0.05) is 43.6 Å². The molecule has 2 aliphatic rings. The summed E-state index contributed by atoms with van der Waals surface area (Å²) in [6.07, 6.45) is 4.29. The number of anilines is 3. The summed E-state index contributed by atoms with van der Waals surface area (Å²) in [5, 5.41) is 3.44. The van der Waals surface area contributed by atoms with Crippen LogP contribution in [0.5, 0.6) is 0 Å². The summed E-state index contributed by atoms with van der Waals surface area (Å²) in [5.74, 6) is 1.87. The van der Waals surface area contributed by atoms with Crippen LogP contribution in [0.25, 0.3) is 11.3 Å². The Balaban J connectivity index is 1.85. The topological polar surface area (TPSA) is 111 Å². The number of hydrogen-bond donors (Lipinski definition) is 2. The molecule has 0 aromatic carbocycles. The minimum atomic E-state index is 0.286. The van der Waals surface area contributed by atoms with Crippen LogP contribution in [-0.4, -0.2) is 66.0 Å². The van der Waals surface area contributed by atoms with E-state index in [4.69, 9.17) is 25.2 Å². The lowest BCUT2D eigenvalue weighted by Gasteiger charge is -2.28. The third kappa shape index (κ3) is 4.00. The first-order valence-electron chi connectivity index (χ1n) is 9.93. The van der Waals surface area contributed by atoms with E-state index in [0.29, 0.717) is 32.3 Å². The maximum absolute atomic E-state index is 5.83. The van der Waals surface area contributed by atoms with E-state index in [9.17, 15) is 0 Å². The third-order valence-corrected chi connectivity index (χ3v) is 5.02. The standard InChI is InChI=1S/C19H27N7O2/c1-2-15-14(12-22-18(20)23-15)16-13-4-3-8-27-9-5-21-17(13)25-19(24-16)26-6-10-28-11-7-26/h12H,2-11H2,1H3,(H2,20,22,23)(H,21,24,25). The first-order chi connectivity index (χ1) is 13.8. The van der Waals surface area contributed by atoms with Gasteiger partial charge in [-0.05, 0) is 19.3 Å². The van der Waals surface area contributed by atoms with Crippen LogP contribution in [0.2, 0.25) is 0 Å². The molecule has 0 spiro atoms. The molecular formula is C19H27N7O2. The Morgan fingerprint density at radius 3 is 2.75 bits per heavy atom. The van der Waals surface area contributed by atoms with Crippen molar-refractivity contribution in [1.82, 2.24) is 19.9 Å². The summed E-state index contributed by atoms with van der Waals surface area (Å²) in [6, 6.07) is 0. The Morgan fingerprint density at radius 2 is 1.93 bits per heavy atom. The predicted octanol–water partition coefficient (Wildman–Crippen LogP) is 1.29. The summed E-state index contributed by atoms with van der Waals surface area (Å²) in [4.78, 5) is 20.7. The smallest absolute Gasteiger partial charge is 0.228 e. The number of nitrogens with two attached hydrogens (primary N) is 1. The van der Waals surface area contributed by atoms with Crippen molar-refractivity contribution in [3.8, 4) is 11.3 Å². The molecule has 9 heteroatoms. The van der Waals surface area contributed by atoms with Gasteiger partial charge in [0.05, 0.1) is 31.2 Å². The highest BCUT2D eigenvalue weighted by Gasteiger charge is 2.23. The Kier molecular flexibility index (Phi) is 5.82. The fourth-order valence-electron chi connectivity index (χ4n) is 3.58. The van der Waals surface area contributed by atoms with E-state index in [1.54, 1.807) is 6.20 Å². The molecule has 150 valence electrons. The Hall–Kier alpha value is -2.52. The van der Waals surface area contributed by atoms with Crippen molar-refractivity contribution in [2.75, 3.05) is 62.0 Å². The summed E-state index contributed by atoms with van der Waals surface area (Å²) < 4.78 is 11.1. The molecular weight excluding hydrogens is 358 g/mol. The quantitative estimate of drug-likeness (QED) is 0.807. The highest BCUT2D eigenvalue weighted by Crippen LogP contribution is 2.32. The zero-order valence-corrected chi connectivity index (χ0v) is 16.3. The lowest BCUT2D eigenvalue weighted by molar-refractivity contribution is 0.122. The van der Waals surface area contributed by atoms with Crippen molar-refractivity contribution < 1.29 is 9.47 Å². The number of fused-ring (bicyclic) bond motifs is 1. The molecule has 2 aromatic rings. The number of aromatic nitrogens is 4. The zero-order chi connectivity index (χ0) is 19.3. The molecule has 1 saturated heterocycles. The van der Waals surface area contributed by atoms with Crippen molar-refractivity contribution in [3.05, 3.63) is 17.5 Å². The predicted molar refractivity (Wildman–Crippen MR) is 108 cm³/mol. The highest BCUT2D eigenvalue weighted by atomic mass is 16.5. The van der Waals surface area contributed by atoms with Crippen molar-refractivity contribution in [1.29, 1.82) is 0 Å². The minimum absolute atomic E-state index is 0.286. The summed E-state index contributed by atoms with van der Waals surface area (Å²) >= 11 is 0. The second kappa shape index (κ2) is 8.66. The second-order valence-corrected chi connectivity index (χ2v) is 6.88. The summed E-state index contributed by atoms with van der Waals surface area (Å²) in [7, 11) is 0. The molecule has 9 nitrogen and oxygen atoms in total. The van der Waals surface area contributed by atoms with Crippen molar-refractivity contribution >= 4 is 17.7 Å². The first-order valence-corrected chi connectivity index (χ1v) is 9.93. The maximum Gasteiger partial charge on any atom is 0.228 e. The van der Waals surface area contributed by atoms with Gasteiger partial charge < -0.3 is 25.4 Å². The average Bonchev–Trinajstić information content (AvgIpc) is 2.85. The van der Waals surface area contributed by atoms with Crippen molar-refractivity contribution in [3.63, 3.8) is 0 Å². The molecule has 0 saturated carbocycles. The largest absolute Gasteiger partial charge is 0.380 e. The van der Waals surface area contributed by atoms with Crippen LogP contribution in [0.15, 0.2) is 6.20 Å². The minimum Gasteiger partial charge on any atom is -0.380 e. The molecule has 3 N–H and O–H groups in total. The van der Waals surface area contributed by atoms with Crippen LogP contribution in [0.1, 0.15) is 24.6 Å². The Morgan fingerprint density at radius 1 is 1.11 bits per heavy atom. The van der Waals surface area contributed by atoms with E-state index in [2.05, 4.69) is 27.1 Å². The van der Waals surface area contributed by atoms with Crippen LogP contribution in [0.3, 0.4) is 0 Å². The van der Waals surface area contributed by atoms with Crippen LogP contribution in [0.4, 0.5) is 17.7 Å². The normalized spacial score (nSPS) is 17.8. The van der Waals surface area contributed by atoms with E-state index in [1.165, 1.54) is 0 Å². The molecule has 2 aromatic heterocycles. The number of nitrogens with one attached hydrogen (secondary N) is 1. The van der Waals surface area contributed by atoms with Gasteiger partial charge in [0.1, 0.15) is 5.82 Å². The fraction of sp³-hybridized carbons (Fsp3) is 0.579. The molecule has 0 amide bonds. The molecule has 0 atom stereocenters. The number of hydrogen-bond acceptors (Lipinski definition) is 9. The number of rotatable bonds is 3. The molecule has 0 aliphatic carbocycles. The molecule has 4 rings (SSSR count). The molecule has 1 fully saturated rings. The molecule has 0 unspecified atom stereocenters. The molecule has 0 bridgehead atoms. The van der Waals surface area contributed by atoms with Crippen LogP contribution in [-0.2, 0) is 22.3 Å². The molecule has 28 heavy (non-hydrogen) atoms. The fourth-order valence-corrected chi connectivity index (χ4v) is 3.58. The van der Waals surface area contributed by atoms with Crippen LogP contribution < -0.4 is 16.0 Å². The Labute approximate surface area is 164 Å². The maximum atomic E-state index is 5.83. The van der Waals surface area contributed by atoms with Gasteiger partial charge in [-0.3, -0.25) is 0 Å². The van der Waals surface area contributed by atoms with Gasteiger partial charge in [-0.15, -0.1) is 0 Å². The van der Waals surface area contributed by atoms with E-state index in [-0.39, 0.29) is 5.95 Å². The molecule has 4 heterocycles. The van der Waals surface area contributed by atoms with Crippen LogP contribution >= 0.6 is 0 Å². The summed E-state index contributed by atoms with van der Waals surface area (Å²) in [6.45, 7) is 7.09. The monoisotopic (exact) mass is 385 g/mol. The molecule has 0 radical (unpaired) electrons. The summed E-state index contributed by atoms with van der Waals surface area (Å²) in [5.41, 5.74) is 9.62. The zero-order valence-electron chi connectivity index (χ0n) is 16.3. The van der Waals surface area contributed by atoms with E-state index in [0.717, 1.165) is 67.3 Å². The number of nitrogen functional groups attached to an aromatic ring is 1. The van der Waals surface area contributed by atoms with Gasteiger partial charge in [0.15, 0.2) is 0 Å².